The van der Waals surface area contributed by atoms with Gasteiger partial charge in [-0.2, -0.15) is 0 Å². The lowest BCUT2D eigenvalue weighted by Crippen LogP contribution is -2.42. The van der Waals surface area contributed by atoms with E-state index in [2.05, 4.69) is 10.6 Å². The van der Waals surface area contributed by atoms with Gasteiger partial charge in [-0.3, -0.25) is 23.5 Å². The minimum Gasteiger partial charge on any atom is -0.348 e. The molecule has 0 bridgehead atoms. The van der Waals surface area contributed by atoms with Gasteiger partial charge >= 0.3 is 5.69 Å². The van der Waals surface area contributed by atoms with Crippen molar-refractivity contribution in [3.63, 3.8) is 0 Å². The third kappa shape index (κ3) is 4.32. The second-order valence-corrected chi connectivity index (χ2v) is 7.03. The summed E-state index contributed by atoms with van der Waals surface area (Å²) in [6.07, 6.45) is 0. The van der Waals surface area contributed by atoms with E-state index in [9.17, 15) is 19.2 Å². The lowest BCUT2D eigenvalue weighted by Gasteiger charge is -2.17. The van der Waals surface area contributed by atoms with Crippen LogP contribution in [0.2, 0.25) is 0 Å². The van der Waals surface area contributed by atoms with E-state index in [1.165, 1.54) is 11.5 Å². The first-order valence-electron chi connectivity index (χ1n) is 9.71. The Morgan fingerprint density at radius 3 is 2.47 bits per heavy atom. The van der Waals surface area contributed by atoms with Gasteiger partial charge in [-0.15, -0.1) is 0 Å². The summed E-state index contributed by atoms with van der Waals surface area (Å²) in [5.74, 6) is -0.540. The van der Waals surface area contributed by atoms with Crippen LogP contribution < -0.4 is 21.9 Å². The number of hydrogen-bond acceptors (Lipinski definition) is 4. The topological polar surface area (TPSA) is 102 Å². The van der Waals surface area contributed by atoms with Crippen molar-refractivity contribution in [3.8, 4) is 0 Å². The predicted molar refractivity (Wildman–Crippen MR) is 115 cm³/mol. The summed E-state index contributed by atoms with van der Waals surface area (Å²) < 4.78 is 2.44. The quantitative estimate of drug-likeness (QED) is 0.651. The van der Waals surface area contributed by atoms with E-state index in [0.29, 0.717) is 16.6 Å². The third-order valence-electron chi connectivity index (χ3n) is 4.83. The molecule has 0 fully saturated rings. The van der Waals surface area contributed by atoms with Crippen LogP contribution in [0.1, 0.15) is 32.4 Å². The highest BCUT2D eigenvalue weighted by molar-refractivity contribution is 5.88. The molecule has 0 saturated carbocycles. The van der Waals surface area contributed by atoms with Crippen LogP contribution in [0.25, 0.3) is 10.9 Å². The molecule has 8 heteroatoms. The lowest BCUT2D eigenvalue weighted by molar-refractivity contribution is -0.122. The van der Waals surface area contributed by atoms with Crippen molar-refractivity contribution in [2.75, 3.05) is 5.32 Å². The summed E-state index contributed by atoms with van der Waals surface area (Å²) in [7, 11) is 0. The summed E-state index contributed by atoms with van der Waals surface area (Å²) in [5, 5.41) is 5.97. The minimum absolute atomic E-state index is 0.179. The van der Waals surface area contributed by atoms with E-state index in [4.69, 9.17) is 0 Å². The number of anilines is 1. The van der Waals surface area contributed by atoms with E-state index in [1.807, 2.05) is 13.0 Å². The zero-order valence-corrected chi connectivity index (χ0v) is 17.1. The molecule has 0 aliphatic heterocycles. The van der Waals surface area contributed by atoms with Crippen molar-refractivity contribution in [2.24, 2.45) is 0 Å². The number of hydrogen-bond donors (Lipinski definition) is 2. The minimum atomic E-state index is -0.517. The molecule has 0 saturated heterocycles. The number of nitrogens with one attached hydrogen (secondary N) is 2. The smallest absolute Gasteiger partial charge is 0.331 e. The maximum atomic E-state index is 12.8. The fourth-order valence-corrected chi connectivity index (χ4v) is 3.41. The normalized spacial score (nSPS) is 11.8. The molecule has 3 rings (SSSR count). The van der Waals surface area contributed by atoms with E-state index in [1.54, 1.807) is 49.4 Å². The Kier molecular flexibility index (Phi) is 6.15. The van der Waals surface area contributed by atoms with Crippen molar-refractivity contribution >= 4 is 28.4 Å². The molecule has 8 nitrogen and oxygen atoms in total. The fraction of sp³-hybridized carbons (Fsp3) is 0.273. The van der Waals surface area contributed by atoms with Crippen molar-refractivity contribution in [3.05, 3.63) is 74.9 Å². The molecule has 1 atom stereocenters. The summed E-state index contributed by atoms with van der Waals surface area (Å²) in [6, 6.07) is 13.6. The number of aromatic nitrogens is 2. The van der Waals surface area contributed by atoms with Crippen LogP contribution in [-0.4, -0.2) is 20.9 Å². The highest BCUT2D eigenvalue weighted by atomic mass is 16.2. The highest BCUT2D eigenvalue weighted by Gasteiger charge is 2.16. The van der Waals surface area contributed by atoms with Gasteiger partial charge in [0.25, 0.3) is 5.56 Å². The molecule has 2 amide bonds. The SMILES string of the molecule is CCn1c(=O)c2ccccc2n(CC(=O)NC(C)c2cccc(NC(C)=O)c2)c1=O. The number of nitrogens with zero attached hydrogens (tertiary/aromatic N) is 2. The Morgan fingerprint density at radius 2 is 1.77 bits per heavy atom. The zero-order chi connectivity index (χ0) is 21.8. The lowest BCUT2D eigenvalue weighted by atomic mass is 10.1. The Bertz CT molecular complexity index is 1230. The van der Waals surface area contributed by atoms with Crippen LogP contribution in [0.15, 0.2) is 58.1 Å². The molecule has 2 N–H and O–H groups in total. The Balaban J connectivity index is 1.87. The van der Waals surface area contributed by atoms with Gasteiger partial charge in [0.2, 0.25) is 11.8 Å². The summed E-state index contributed by atoms with van der Waals surface area (Å²) in [4.78, 5) is 49.3. The first kappa shape index (κ1) is 21.0. The molecule has 0 radical (unpaired) electrons. The standard InChI is InChI=1S/C22H24N4O4/c1-4-25-21(29)18-10-5-6-11-19(18)26(22(25)30)13-20(28)23-14(2)16-8-7-9-17(12-16)24-15(3)27/h5-12,14H,4,13H2,1-3H3,(H,23,28)(H,24,27). The summed E-state index contributed by atoms with van der Waals surface area (Å²) >= 11 is 0. The van der Waals surface area contributed by atoms with Gasteiger partial charge in [0.15, 0.2) is 0 Å². The van der Waals surface area contributed by atoms with Gasteiger partial charge in [0, 0.05) is 19.2 Å². The average molecular weight is 408 g/mol. The molecule has 30 heavy (non-hydrogen) atoms. The van der Waals surface area contributed by atoms with Crippen molar-refractivity contribution in [1.82, 2.24) is 14.5 Å². The molecule has 0 spiro atoms. The molecule has 1 heterocycles. The van der Waals surface area contributed by atoms with E-state index >= 15 is 0 Å². The van der Waals surface area contributed by atoms with E-state index < -0.39 is 5.69 Å². The predicted octanol–water partition coefficient (Wildman–Crippen LogP) is 2.02. The fourth-order valence-electron chi connectivity index (χ4n) is 3.41. The van der Waals surface area contributed by atoms with E-state index in [0.717, 1.165) is 10.1 Å². The highest BCUT2D eigenvalue weighted by Crippen LogP contribution is 2.17. The van der Waals surface area contributed by atoms with Gasteiger partial charge in [-0.1, -0.05) is 24.3 Å². The number of para-hydroxylation sites is 1. The van der Waals surface area contributed by atoms with Gasteiger partial charge in [0.05, 0.1) is 16.9 Å². The molecule has 156 valence electrons. The van der Waals surface area contributed by atoms with Crippen LogP contribution in [0.5, 0.6) is 0 Å². The molecule has 2 aromatic carbocycles. The van der Waals surface area contributed by atoms with Crippen molar-refractivity contribution in [1.29, 1.82) is 0 Å². The summed E-state index contributed by atoms with van der Waals surface area (Å²) in [5.41, 5.74) is 0.992. The monoisotopic (exact) mass is 408 g/mol. The second kappa shape index (κ2) is 8.77. The third-order valence-corrected chi connectivity index (χ3v) is 4.83. The van der Waals surface area contributed by atoms with Crippen LogP contribution in [0.4, 0.5) is 5.69 Å². The molecule has 0 aliphatic carbocycles. The van der Waals surface area contributed by atoms with Gasteiger partial charge < -0.3 is 10.6 Å². The van der Waals surface area contributed by atoms with Crippen molar-refractivity contribution in [2.45, 2.75) is 39.9 Å². The largest absolute Gasteiger partial charge is 0.348 e. The molecular formula is C22H24N4O4. The Hall–Kier alpha value is -3.68. The average Bonchev–Trinajstić information content (AvgIpc) is 2.71. The molecule has 1 unspecified atom stereocenters. The van der Waals surface area contributed by atoms with Crippen LogP contribution >= 0.6 is 0 Å². The maximum absolute atomic E-state index is 12.8. The van der Waals surface area contributed by atoms with Gasteiger partial charge in [-0.25, -0.2) is 4.79 Å². The molecular weight excluding hydrogens is 384 g/mol. The number of rotatable bonds is 6. The molecule has 3 aromatic rings. The Morgan fingerprint density at radius 1 is 1.03 bits per heavy atom. The Labute approximate surface area is 173 Å². The number of fused-ring (bicyclic) bond motifs is 1. The van der Waals surface area contributed by atoms with Crippen LogP contribution in [-0.2, 0) is 22.7 Å². The number of carbonyl (C=O) groups excluding carboxylic acids is 2. The summed E-state index contributed by atoms with van der Waals surface area (Å²) in [6.45, 7) is 4.96. The number of carbonyl (C=O) groups is 2. The second-order valence-electron chi connectivity index (χ2n) is 7.03. The number of benzene rings is 2. The van der Waals surface area contributed by atoms with Gasteiger partial charge in [-0.05, 0) is 43.7 Å². The first-order chi connectivity index (χ1) is 14.3. The van der Waals surface area contributed by atoms with Crippen molar-refractivity contribution < 1.29 is 9.59 Å². The molecule has 0 aliphatic rings. The number of amides is 2. The molecule has 1 aromatic heterocycles. The van der Waals surface area contributed by atoms with Gasteiger partial charge in [0.1, 0.15) is 6.54 Å². The maximum Gasteiger partial charge on any atom is 0.331 e. The van der Waals surface area contributed by atoms with E-state index in [-0.39, 0.29) is 36.5 Å². The van der Waals surface area contributed by atoms with Crippen LogP contribution in [0.3, 0.4) is 0 Å². The first-order valence-corrected chi connectivity index (χ1v) is 9.71. The van der Waals surface area contributed by atoms with Crippen LogP contribution in [0, 0.1) is 0 Å². The zero-order valence-electron chi connectivity index (χ0n) is 17.1.